The smallest absolute Gasteiger partial charge is 0.00395 e. The fourth-order valence-corrected chi connectivity index (χ4v) is 0.662. The van der Waals surface area contributed by atoms with Gasteiger partial charge < -0.3 is 4.90 Å². The van der Waals surface area contributed by atoms with E-state index in [1.165, 1.54) is 0 Å². The zero-order chi connectivity index (χ0) is 6.69. The molecule has 1 rings (SSSR count). The van der Waals surface area contributed by atoms with Crippen molar-refractivity contribution in [2.75, 3.05) is 19.0 Å². The molecule has 51 valence electrons. The van der Waals surface area contributed by atoms with Gasteiger partial charge in [-0.3, -0.25) is 0 Å². The molecule has 0 N–H and O–H groups in total. The van der Waals surface area contributed by atoms with Crippen LogP contribution in [0, 0.1) is 6.07 Å². The van der Waals surface area contributed by atoms with Crippen molar-refractivity contribution in [3.63, 3.8) is 0 Å². The number of benzene rings is 1. The van der Waals surface area contributed by atoms with Gasteiger partial charge in [-0.2, -0.15) is 24.3 Å². The maximum atomic E-state index is 3.09. The van der Waals surface area contributed by atoms with Gasteiger partial charge in [-0.1, -0.05) is 5.69 Å². The molecule has 1 nitrogen and oxygen atoms in total. The van der Waals surface area contributed by atoms with E-state index in [0.717, 1.165) is 5.69 Å². The molecule has 2 heteroatoms. The minimum Gasteiger partial charge on any atom is -0.400 e. The maximum Gasteiger partial charge on any atom is 0.00395 e. The van der Waals surface area contributed by atoms with Gasteiger partial charge in [0.15, 0.2) is 0 Å². The van der Waals surface area contributed by atoms with Gasteiger partial charge in [0.25, 0.3) is 0 Å². The van der Waals surface area contributed by atoms with Crippen LogP contribution < -0.4 is 4.90 Å². The van der Waals surface area contributed by atoms with Gasteiger partial charge in [-0.05, 0) is 0 Å². The molecule has 0 amide bonds. The second-order valence-corrected chi connectivity index (χ2v) is 2.14. The Labute approximate surface area is 87.3 Å². The molecule has 0 fully saturated rings. The second kappa shape index (κ2) is 4.87. The van der Waals surface area contributed by atoms with E-state index in [1.54, 1.807) is 0 Å². The van der Waals surface area contributed by atoms with Crippen LogP contribution in [0.3, 0.4) is 0 Å². The van der Waals surface area contributed by atoms with Crippen LogP contribution in [0.2, 0.25) is 0 Å². The van der Waals surface area contributed by atoms with E-state index in [9.17, 15) is 0 Å². The topological polar surface area (TPSA) is 3.24 Å². The molecule has 0 spiro atoms. The summed E-state index contributed by atoms with van der Waals surface area (Å²) in [5.41, 5.74) is 1.12. The summed E-state index contributed by atoms with van der Waals surface area (Å²) in [5.74, 6) is 0. The summed E-state index contributed by atoms with van der Waals surface area (Å²) in [4.78, 5) is 2.03. The van der Waals surface area contributed by atoms with Crippen molar-refractivity contribution < 1.29 is 32.7 Å². The van der Waals surface area contributed by atoms with Crippen LogP contribution in [0.4, 0.5) is 5.69 Å². The summed E-state index contributed by atoms with van der Waals surface area (Å²) in [7, 11) is 4.01. The third-order valence-electron chi connectivity index (χ3n) is 1.17. The molecule has 0 aromatic heterocycles. The fraction of sp³-hybridized carbons (Fsp3) is 0.250. The number of hydrogen-bond acceptors (Lipinski definition) is 1. The van der Waals surface area contributed by atoms with Crippen LogP contribution in [0.25, 0.3) is 0 Å². The van der Waals surface area contributed by atoms with Gasteiger partial charge in [0.05, 0.1) is 0 Å². The number of rotatable bonds is 1. The van der Waals surface area contributed by atoms with Crippen LogP contribution in [0.15, 0.2) is 24.3 Å². The molecule has 0 bridgehead atoms. The first-order valence-electron chi connectivity index (χ1n) is 2.95. The van der Waals surface area contributed by atoms with Gasteiger partial charge in [0.1, 0.15) is 0 Å². The number of nitrogens with zero attached hydrogens (tertiary/aromatic N) is 1. The standard InChI is InChI=1S/C8H10N.Y/c1-9(2)8-6-4-3-5-7-8;/h3-6H,1-2H3;/q-1;. The first kappa shape index (κ1) is 10.1. The van der Waals surface area contributed by atoms with Crippen LogP contribution in [0.1, 0.15) is 0 Å². The molecule has 0 aliphatic heterocycles. The van der Waals surface area contributed by atoms with Crippen molar-refractivity contribution in [2.45, 2.75) is 0 Å². The minimum absolute atomic E-state index is 0. The molecule has 0 saturated carbocycles. The summed E-state index contributed by atoms with van der Waals surface area (Å²) < 4.78 is 0. The van der Waals surface area contributed by atoms with Gasteiger partial charge >= 0.3 is 0 Å². The third-order valence-corrected chi connectivity index (χ3v) is 1.17. The van der Waals surface area contributed by atoms with Crippen LogP contribution in [0.5, 0.6) is 0 Å². The summed E-state index contributed by atoms with van der Waals surface area (Å²) >= 11 is 0. The molecule has 0 atom stereocenters. The minimum atomic E-state index is 0. The van der Waals surface area contributed by atoms with E-state index >= 15 is 0 Å². The Morgan fingerprint density at radius 2 is 2.00 bits per heavy atom. The Morgan fingerprint density at radius 1 is 1.30 bits per heavy atom. The van der Waals surface area contributed by atoms with Crippen molar-refractivity contribution in [1.29, 1.82) is 0 Å². The summed E-state index contributed by atoms with van der Waals surface area (Å²) in [6.07, 6.45) is 0. The quantitative estimate of drug-likeness (QED) is 0.634. The molecular formula is C8H10NY-. The van der Waals surface area contributed by atoms with E-state index in [0.29, 0.717) is 0 Å². The summed E-state index contributed by atoms with van der Waals surface area (Å²) in [6, 6.07) is 11.0. The Morgan fingerprint density at radius 3 is 2.30 bits per heavy atom. The van der Waals surface area contributed by atoms with Crippen molar-refractivity contribution in [3.8, 4) is 0 Å². The number of para-hydroxylation sites is 1. The van der Waals surface area contributed by atoms with Crippen LogP contribution in [-0.4, -0.2) is 14.1 Å². The average molecular weight is 209 g/mol. The van der Waals surface area contributed by atoms with Gasteiger partial charge in [-0.25, -0.2) is 0 Å². The SMILES string of the molecule is CN(C)c1[c-]cccc1.[Y]. The Balaban J connectivity index is 0.000000810. The molecule has 0 aliphatic carbocycles. The predicted molar refractivity (Wildman–Crippen MR) is 39.6 cm³/mol. The molecular weight excluding hydrogens is 199 g/mol. The van der Waals surface area contributed by atoms with E-state index < -0.39 is 0 Å². The molecule has 1 aromatic carbocycles. The van der Waals surface area contributed by atoms with E-state index in [-0.39, 0.29) is 32.7 Å². The predicted octanol–water partition coefficient (Wildman–Crippen LogP) is 1.55. The van der Waals surface area contributed by atoms with E-state index in [1.807, 2.05) is 43.3 Å². The normalized spacial score (nSPS) is 8.20. The third kappa shape index (κ3) is 2.80. The maximum absolute atomic E-state index is 3.09. The molecule has 0 heterocycles. The Bertz CT molecular complexity index is 172. The monoisotopic (exact) mass is 209 g/mol. The molecule has 1 radical (unpaired) electrons. The Hall–Kier alpha value is 0.124. The second-order valence-electron chi connectivity index (χ2n) is 2.14. The number of anilines is 1. The van der Waals surface area contributed by atoms with Crippen molar-refractivity contribution >= 4 is 5.69 Å². The molecule has 0 unspecified atom stereocenters. The van der Waals surface area contributed by atoms with Crippen molar-refractivity contribution in [2.24, 2.45) is 0 Å². The first-order chi connectivity index (χ1) is 4.30. The molecule has 0 aliphatic rings. The largest absolute Gasteiger partial charge is 0.400 e. The zero-order valence-electron chi connectivity index (χ0n) is 6.33. The van der Waals surface area contributed by atoms with Gasteiger partial charge in [-0.15, -0.1) is 6.07 Å². The van der Waals surface area contributed by atoms with Crippen molar-refractivity contribution in [1.82, 2.24) is 0 Å². The van der Waals surface area contributed by atoms with Crippen LogP contribution in [-0.2, 0) is 32.7 Å². The van der Waals surface area contributed by atoms with E-state index in [4.69, 9.17) is 0 Å². The van der Waals surface area contributed by atoms with Crippen molar-refractivity contribution in [3.05, 3.63) is 30.3 Å². The van der Waals surface area contributed by atoms with Gasteiger partial charge in [0, 0.05) is 46.8 Å². The summed E-state index contributed by atoms with van der Waals surface area (Å²) in [5, 5.41) is 0. The molecule has 0 saturated heterocycles. The average Bonchev–Trinajstić information content (AvgIpc) is 1.90. The first-order valence-corrected chi connectivity index (χ1v) is 2.95. The fourth-order valence-electron chi connectivity index (χ4n) is 0.662. The van der Waals surface area contributed by atoms with Crippen LogP contribution >= 0.6 is 0 Å². The summed E-state index contributed by atoms with van der Waals surface area (Å²) in [6.45, 7) is 0. The zero-order valence-corrected chi connectivity index (χ0v) is 9.17. The number of hydrogen-bond donors (Lipinski definition) is 0. The molecule has 1 aromatic rings. The molecule has 10 heavy (non-hydrogen) atoms. The van der Waals surface area contributed by atoms with E-state index in [2.05, 4.69) is 6.07 Å². The Kier molecular flexibility index (Phi) is 4.93. The van der Waals surface area contributed by atoms with Gasteiger partial charge in [0.2, 0.25) is 0 Å².